The maximum Gasteiger partial charge on any atom is 0.405 e. The first-order valence-electron chi connectivity index (χ1n) is 4.82. The van der Waals surface area contributed by atoms with Gasteiger partial charge in [0, 0.05) is 11.3 Å². The minimum absolute atomic E-state index is 0.566. The Morgan fingerprint density at radius 2 is 2.12 bits per heavy atom. The van der Waals surface area contributed by atoms with Crippen molar-refractivity contribution in [2.75, 3.05) is 12.8 Å². The van der Waals surface area contributed by atoms with Gasteiger partial charge < -0.3 is 20.9 Å². The molecule has 5 heteroatoms. The molecule has 0 heterocycles. The number of ether oxygens (including phenoxy) is 1. The van der Waals surface area contributed by atoms with E-state index in [1.807, 2.05) is 0 Å². The fourth-order valence-electron chi connectivity index (χ4n) is 1.55. The van der Waals surface area contributed by atoms with Gasteiger partial charge in [0.1, 0.15) is 5.75 Å². The van der Waals surface area contributed by atoms with Crippen LogP contribution < -0.4 is 15.8 Å². The van der Waals surface area contributed by atoms with Gasteiger partial charge in [-0.1, -0.05) is 0 Å². The van der Waals surface area contributed by atoms with Crippen molar-refractivity contribution in [1.82, 2.24) is 5.32 Å². The zero-order chi connectivity index (χ0) is 12.3. The third kappa shape index (κ3) is 2.56. The van der Waals surface area contributed by atoms with E-state index in [0.717, 1.165) is 0 Å². The summed E-state index contributed by atoms with van der Waals surface area (Å²) in [5.41, 5.74) is 6.19. The Morgan fingerprint density at radius 3 is 2.62 bits per heavy atom. The molecule has 0 radical (unpaired) electrons. The molecule has 1 amide bonds. The van der Waals surface area contributed by atoms with Crippen LogP contribution >= 0.6 is 0 Å². The minimum Gasteiger partial charge on any atom is -0.496 e. The smallest absolute Gasteiger partial charge is 0.405 e. The molecule has 88 valence electrons. The van der Waals surface area contributed by atoms with E-state index in [1.165, 1.54) is 7.11 Å². The van der Waals surface area contributed by atoms with Crippen LogP contribution in [0.15, 0.2) is 18.2 Å². The lowest BCUT2D eigenvalue weighted by Gasteiger charge is -2.27. The number of hydrogen-bond donors (Lipinski definition) is 3. The second kappa shape index (κ2) is 4.30. The van der Waals surface area contributed by atoms with Crippen LogP contribution in [0, 0.1) is 0 Å². The first-order valence-corrected chi connectivity index (χ1v) is 4.82. The summed E-state index contributed by atoms with van der Waals surface area (Å²) in [4.78, 5) is 10.7. The van der Waals surface area contributed by atoms with Crippen molar-refractivity contribution in [2.45, 2.75) is 19.4 Å². The van der Waals surface area contributed by atoms with E-state index in [2.05, 4.69) is 5.32 Å². The molecule has 5 nitrogen and oxygen atoms in total. The van der Waals surface area contributed by atoms with Gasteiger partial charge in [0.25, 0.3) is 0 Å². The van der Waals surface area contributed by atoms with Crippen LogP contribution in [0.3, 0.4) is 0 Å². The number of carbonyl (C=O) groups is 1. The van der Waals surface area contributed by atoms with E-state index in [4.69, 9.17) is 15.6 Å². The van der Waals surface area contributed by atoms with Gasteiger partial charge in [0.15, 0.2) is 0 Å². The normalized spacial score (nSPS) is 10.9. The van der Waals surface area contributed by atoms with Crippen molar-refractivity contribution in [2.24, 2.45) is 0 Å². The third-order valence-electron chi connectivity index (χ3n) is 2.32. The topological polar surface area (TPSA) is 84.6 Å². The standard InChI is InChI=1S/C11H16N2O3/c1-11(2,13-10(14)15)8-6-7(12)4-5-9(8)16-3/h4-6,13H,12H2,1-3H3,(H,14,15). The van der Waals surface area contributed by atoms with Crippen LogP contribution in [0.25, 0.3) is 0 Å². The largest absolute Gasteiger partial charge is 0.496 e. The van der Waals surface area contributed by atoms with Crippen molar-refractivity contribution in [3.05, 3.63) is 23.8 Å². The highest BCUT2D eigenvalue weighted by molar-refractivity contribution is 5.66. The average Bonchev–Trinajstić information content (AvgIpc) is 2.15. The molecule has 0 spiro atoms. The number of anilines is 1. The molecule has 4 N–H and O–H groups in total. The highest BCUT2D eigenvalue weighted by atomic mass is 16.5. The summed E-state index contributed by atoms with van der Waals surface area (Å²) in [6.45, 7) is 3.50. The lowest BCUT2D eigenvalue weighted by Crippen LogP contribution is -2.40. The Hall–Kier alpha value is -1.91. The Kier molecular flexibility index (Phi) is 3.27. The van der Waals surface area contributed by atoms with Crippen molar-refractivity contribution >= 4 is 11.8 Å². The molecule has 0 aromatic heterocycles. The quantitative estimate of drug-likeness (QED) is 0.683. The molecular weight excluding hydrogens is 208 g/mol. The molecular formula is C11H16N2O3. The van der Waals surface area contributed by atoms with Gasteiger partial charge in [-0.3, -0.25) is 0 Å². The molecule has 0 saturated carbocycles. The zero-order valence-electron chi connectivity index (χ0n) is 9.57. The predicted octanol–water partition coefficient (Wildman–Crippen LogP) is 1.78. The maximum atomic E-state index is 10.7. The van der Waals surface area contributed by atoms with E-state index < -0.39 is 11.6 Å². The van der Waals surface area contributed by atoms with Gasteiger partial charge in [-0.25, -0.2) is 4.79 Å². The first-order chi connectivity index (χ1) is 7.36. The average molecular weight is 224 g/mol. The molecule has 0 fully saturated rings. The van der Waals surface area contributed by atoms with Crippen LogP contribution in [-0.2, 0) is 5.54 Å². The molecule has 0 bridgehead atoms. The Labute approximate surface area is 94.2 Å². The third-order valence-corrected chi connectivity index (χ3v) is 2.32. The second-order valence-electron chi connectivity index (χ2n) is 4.01. The fraction of sp³-hybridized carbons (Fsp3) is 0.364. The van der Waals surface area contributed by atoms with Crippen LogP contribution in [0.5, 0.6) is 5.75 Å². The molecule has 0 unspecified atom stereocenters. The van der Waals surface area contributed by atoms with Crippen molar-refractivity contribution in [3.63, 3.8) is 0 Å². The van der Waals surface area contributed by atoms with Crippen LogP contribution in [-0.4, -0.2) is 18.3 Å². The summed E-state index contributed by atoms with van der Waals surface area (Å²) < 4.78 is 5.18. The molecule has 0 aliphatic rings. The number of rotatable bonds is 3. The van der Waals surface area contributed by atoms with E-state index in [-0.39, 0.29) is 0 Å². The van der Waals surface area contributed by atoms with E-state index in [9.17, 15) is 4.79 Å². The number of nitrogen functional groups attached to an aromatic ring is 1. The van der Waals surface area contributed by atoms with Crippen molar-refractivity contribution in [1.29, 1.82) is 0 Å². The highest BCUT2D eigenvalue weighted by Gasteiger charge is 2.26. The summed E-state index contributed by atoms with van der Waals surface area (Å²) in [5, 5.41) is 11.2. The zero-order valence-corrected chi connectivity index (χ0v) is 9.57. The van der Waals surface area contributed by atoms with E-state index in [1.54, 1.807) is 32.0 Å². The second-order valence-corrected chi connectivity index (χ2v) is 4.01. The number of nitrogens with one attached hydrogen (secondary N) is 1. The number of methoxy groups -OCH3 is 1. The molecule has 16 heavy (non-hydrogen) atoms. The van der Waals surface area contributed by atoms with Gasteiger partial charge in [-0.2, -0.15) is 0 Å². The van der Waals surface area contributed by atoms with E-state index in [0.29, 0.717) is 17.0 Å². The number of carboxylic acid groups (broad SMARTS) is 1. The monoisotopic (exact) mass is 224 g/mol. The van der Waals surface area contributed by atoms with Gasteiger partial charge in [-0.05, 0) is 32.0 Å². The first kappa shape index (κ1) is 12.2. The molecule has 1 aromatic carbocycles. The summed E-state index contributed by atoms with van der Waals surface area (Å²) in [5.74, 6) is 0.605. The van der Waals surface area contributed by atoms with Crippen molar-refractivity contribution in [3.8, 4) is 5.75 Å². The number of nitrogens with two attached hydrogens (primary N) is 1. The fourth-order valence-corrected chi connectivity index (χ4v) is 1.55. The lowest BCUT2D eigenvalue weighted by molar-refractivity contribution is 0.181. The summed E-state index contributed by atoms with van der Waals surface area (Å²) in [6.07, 6.45) is -1.09. The van der Waals surface area contributed by atoms with Crippen LogP contribution in [0.1, 0.15) is 19.4 Å². The van der Waals surface area contributed by atoms with Gasteiger partial charge >= 0.3 is 6.09 Å². The number of benzene rings is 1. The molecule has 0 aliphatic carbocycles. The maximum absolute atomic E-state index is 10.7. The van der Waals surface area contributed by atoms with Gasteiger partial charge in [-0.15, -0.1) is 0 Å². The SMILES string of the molecule is COc1ccc(N)cc1C(C)(C)NC(=O)O. The number of hydrogen-bond acceptors (Lipinski definition) is 3. The highest BCUT2D eigenvalue weighted by Crippen LogP contribution is 2.31. The van der Waals surface area contributed by atoms with Gasteiger partial charge in [0.05, 0.1) is 12.6 Å². The number of amides is 1. The predicted molar refractivity (Wildman–Crippen MR) is 61.6 cm³/mol. The Bertz CT molecular complexity index is 402. The van der Waals surface area contributed by atoms with Crippen LogP contribution in [0.4, 0.5) is 10.5 Å². The minimum atomic E-state index is -1.09. The Morgan fingerprint density at radius 1 is 1.50 bits per heavy atom. The molecule has 1 aromatic rings. The molecule has 0 atom stereocenters. The summed E-state index contributed by atoms with van der Waals surface area (Å²) in [6, 6.07) is 5.13. The van der Waals surface area contributed by atoms with Crippen molar-refractivity contribution < 1.29 is 14.6 Å². The van der Waals surface area contributed by atoms with Gasteiger partial charge in [0.2, 0.25) is 0 Å². The lowest BCUT2D eigenvalue weighted by atomic mass is 9.93. The molecule has 0 saturated heterocycles. The van der Waals surface area contributed by atoms with Crippen LogP contribution in [0.2, 0.25) is 0 Å². The molecule has 0 aliphatic heterocycles. The Balaban J connectivity index is 3.18. The summed E-state index contributed by atoms with van der Waals surface area (Å²) in [7, 11) is 1.53. The van der Waals surface area contributed by atoms with E-state index >= 15 is 0 Å². The molecule has 1 rings (SSSR count). The summed E-state index contributed by atoms with van der Waals surface area (Å²) >= 11 is 0.